The first-order chi connectivity index (χ1) is 13.2. The first-order valence-corrected chi connectivity index (χ1v) is 10.1. The standard InChI is InChI=1S/C23H29N3O/c1-18-4-6-19(7-5-18)16-26(22-12-13-22)17-23(27)24-20-8-10-21(11-9-20)25-14-2-3-15-25/h4-11,22H,2-3,12-17H2,1H3,(H,24,27). The van der Waals surface area contributed by atoms with Crippen LogP contribution < -0.4 is 10.2 Å². The molecular weight excluding hydrogens is 334 g/mol. The highest BCUT2D eigenvalue weighted by Gasteiger charge is 2.30. The summed E-state index contributed by atoms with van der Waals surface area (Å²) in [6, 6.07) is 17.4. The maximum Gasteiger partial charge on any atom is 0.238 e. The summed E-state index contributed by atoms with van der Waals surface area (Å²) in [5.74, 6) is 0.0722. The van der Waals surface area contributed by atoms with E-state index in [2.05, 4.69) is 58.4 Å². The lowest BCUT2D eigenvalue weighted by Crippen LogP contribution is -2.34. The molecule has 2 aromatic carbocycles. The molecule has 2 fully saturated rings. The van der Waals surface area contributed by atoms with Crippen LogP contribution in [0.1, 0.15) is 36.8 Å². The second-order valence-electron chi connectivity index (χ2n) is 7.91. The molecule has 27 heavy (non-hydrogen) atoms. The van der Waals surface area contributed by atoms with E-state index in [9.17, 15) is 4.79 Å². The van der Waals surface area contributed by atoms with E-state index in [0.717, 1.165) is 25.3 Å². The molecule has 0 unspecified atom stereocenters. The maximum atomic E-state index is 12.6. The second-order valence-corrected chi connectivity index (χ2v) is 7.91. The number of rotatable bonds is 7. The zero-order valence-corrected chi connectivity index (χ0v) is 16.2. The Morgan fingerprint density at radius 3 is 2.33 bits per heavy atom. The molecule has 1 amide bonds. The summed E-state index contributed by atoms with van der Waals surface area (Å²) in [7, 11) is 0. The zero-order valence-electron chi connectivity index (χ0n) is 16.2. The fraction of sp³-hybridized carbons (Fsp3) is 0.435. The largest absolute Gasteiger partial charge is 0.372 e. The fourth-order valence-electron chi connectivity index (χ4n) is 3.80. The molecule has 2 aromatic rings. The summed E-state index contributed by atoms with van der Waals surface area (Å²) >= 11 is 0. The monoisotopic (exact) mass is 363 g/mol. The molecule has 1 saturated heterocycles. The van der Waals surface area contributed by atoms with Gasteiger partial charge in [0, 0.05) is 37.1 Å². The predicted molar refractivity (Wildman–Crippen MR) is 111 cm³/mol. The highest BCUT2D eigenvalue weighted by Crippen LogP contribution is 2.28. The number of benzene rings is 2. The Balaban J connectivity index is 1.33. The quantitative estimate of drug-likeness (QED) is 0.801. The molecule has 0 atom stereocenters. The number of carbonyl (C=O) groups is 1. The molecule has 1 N–H and O–H groups in total. The van der Waals surface area contributed by atoms with Crippen LogP contribution in [-0.2, 0) is 11.3 Å². The van der Waals surface area contributed by atoms with Crippen molar-refractivity contribution >= 4 is 17.3 Å². The fourth-order valence-corrected chi connectivity index (χ4v) is 3.80. The van der Waals surface area contributed by atoms with Crippen LogP contribution in [0.25, 0.3) is 0 Å². The number of nitrogens with one attached hydrogen (secondary N) is 1. The molecule has 4 heteroatoms. The van der Waals surface area contributed by atoms with Gasteiger partial charge in [-0.1, -0.05) is 29.8 Å². The summed E-state index contributed by atoms with van der Waals surface area (Å²) < 4.78 is 0. The summed E-state index contributed by atoms with van der Waals surface area (Å²) in [6.07, 6.45) is 4.94. The molecule has 1 aliphatic heterocycles. The Morgan fingerprint density at radius 1 is 1.04 bits per heavy atom. The Kier molecular flexibility index (Phi) is 5.44. The van der Waals surface area contributed by atoms with Gasteiger partial charge in [-0.2, -0.15) is 0 Å². The van der Waals surface area contributed by atoms with Crippen molar-refractivity contribution in [1.29, 1.82) is 0 Å². The minimum Gasteiger partial charge on any atom is -0.372 e. The highest BCUT2D eigenvalue weighted by atomic mass is 16.2. The van der Waals surface area contributed by atoms with Crippen LogP contribution in [0.2, 0.25) is 0 Å². The molecule has 0 spiro atoms. The number of hydrogen-bond acceptors (Lipinski definition) is 3. The average Bonchev–Trinajstić information content (AvgIpc) is 3.38. The average molecular weight is 364 g/mol. The third-order valence-corrected chi connectivity index (χ3v) is 5.54. The van der Waals surface area contributed by atoms with E-state index in [1.165, 1.54) is 42.5 Å². The van der Waals surface area contributed by atoms with Gasteiger partial charge in [0.2, 0.25) is 5.91 Å². The lowest BCUT2D eigenvalue weighted by molar-refractivity contribution is -0.117. The van der Waals surface area contributed by atoms with Gasteiger partial charge in [-0.15, -0.1) is 0 Å². The van der Waals surface area contributed by atoms with E-state index in [0.29, 0.717) is 12.6 Å². The Hall–Kier alpha value is -2.33. The zero-order chi connectivity index (χ0) is 18.6. The van der Waals surface area contributed by atoms with E-state index < -0.39 is 0 Å². The number of carbonyl (C=O) groups excluding carboxylic acids is 1. The topological polar surface area (TPSA) is 35.6 Å². The van der Waals surface area contributed by atoms with E-state index in [1.807, 2.05) is 12.1 Å². The molecular formula is C23H29N3O. The first kappa shape index (κ1) is 18.1. The smallest absolute Gasteiger partial charge is 0.238 e. The Labute approximate surface area is 162 Å². The van der Waals surface area contributed by atoms with Crippen molar-refractivity contribution in [3.05, 3.63) is 59.7 Å². The van der Waals surface area contributed by atoms with Crippen molar-refractivity contribution in [2.45, 2.75) is 45.2 Å². The van der Waals surface area contributed by atoms with Gasteiger partial charge in [-0.25, -0.2) is 0 Å². The van der Waals surface area contributed by atoms with Crippen LogP contribution in [0.5, 0.6) is 0 Å². The van der Waals surface area contributed by atoms with Gasteiger partial charge in [0.25, 0.3) is 0 Å². The van der Waals surface area contributed by atoms with Crippen LogP contribution in [0, 0.1) is 6.92 Å². The molecule has 1 saturated carbocycles. The second kappa shape index (κ2) is 8.13. The molecule has 0 bridgehead atoms. The molecule has 142 valence electrons. The molecule has 0 radical (unpaired) electrons. The van der Waals surface area contributed by atoms with E-state index in [-0.39, 0.29) is 5.91 Å². The van der Waals surface area contributed by atoms with E-state index >= 15 is 0 Å². The summed E-state index contributed by atoms with van der Waals surface area (Å²) in [5, 5.41) is 3.07. The van der Waals surface area contributed by atoms with Gasteiger partial charge in [0.15, 0.2) is 0 Å². The van der Waals surface area contributed by atoms with Crippen molar-refractivity contribution in [1.82, 2.24) is 4.90 Å². The van der Waals surface area contributed by atoms with Crippen LogP contribution >= 0.6 is 0 Å². The van der Waals surface area contributed by atoms with Gasteiger partial charge in [-0.05, 0) is 62.4 Å². The lowest BCUT2D eigenvalue weighted by Gasteiger charge is -2.22. The van der Waals surface area contributed by atoms with Crippen molar-refractivity contribution in [3.8, 4) is 0 Å². The summed E-state index contributed by atoms with van der Waals surface area (Å²) in [4.78, 5) is 17.3. The Morgan fingerprint density at radius 2 is 1.70 bits per heavy atom. The number of hydrogen-bond donors (Lipinski definition) is 1. The van der Waals surface area contributed by atoms with Crippen LogP contribution in [-0.4, -0.2) is 36.5 Å². The number of nitrogens with zero attached hydrogens (tertiary/aromatic N) is 2. The molecule has 4 rings (SSSR count). The normalized spacial score (nSPS) is 16.7. The molecule has 2 aliphatic rings. The molecule has 1 heterocycles. The maximum absolute atomic E-state index is 12.6. The SMILES string of the molecule is Cc1ccc(CN(CC(=O)Nc2ccc(N3CCCC3)cc2)C2CC2)cc1. The van der Waals surface area contributed by atoms with Crippen LogP contribution in [0.4, 0.5) is 11.4 Å². The minimum atomic E-state index is 0.0722. The number of anilines is 2. The van der Waals surface area contributed by atoms with Gasteiger partial charge >= 0.3 is 0 Å². The van der Waals surface area contributed by atoms with Gasteiger partial charge in [-0.3, -0.25) is 9.69 Å². The summed E-state index contributed by atoms with van der Waals surface area (Å²) in [6.45, 7) is 5.67. The third-order valence-electron chi connectivity index (χ3n) is 5.54. The Bertz CT molecular complexity index is 759. The molecule has 4 nitrogen and oxygen atoms in total. The number of aryl methyl sites for hydroxylation is 1. The third kappa shape index (κ3) is 4.89. The van der Waals surface area contributed by atoms with E-state index in [4.69, 9.17) is 0 Å². The van der Waals surface area contributed by atoms with Gasteiger partial charge in [0.05, 0.1) is 6.54 Å². The predicted octanol–water partition coefficient (Wildman–Crippen LogP) is 4.20. The highest BCUT2D eigenvalue weighted by molar-refractivity contribution is 5.92. The molecule has 0 aromatic heterocycles. The number of amides is 1. The van der Waals surface area contributed by atoms with Crippen molar-refractivity contribution in [3.63, 3.8) is 0 Å². The van der Waals surface area contributed by atoms with Gasteiger partial charge < -0.3 is 10.2 Å². The van der Waals surface area contributed by atoms with Crippen molar-refractivity contribution < 1.29 is 4.79 Å². The lowest BCUT2D eigenvalue weighted by atomic mass is 10.1. The van der Waals surface area contributed by atoms with Crippen molar-refractivity contribution in [2.24, 2.45) is 0 Å². The summed E-state index contributed by atoms with van der Waals surface area (Å²) in [5.41, 5.74) is 4.68. The molecule has 1 aliphatic carbocycles. The van der Waals surface area contributed by atoms with Gasteiger partial charge in [0.1, 0.15) is 0 Å². The van der Waals surface area contributed by atoms with Crippen LogP contribution in [0.15, 0.2) is 48.5 Å². The minimum absolute atomic E-state index is 0.0722. The van der Waals surface area contributed by atoms with Crippen LogP contribution in [0.3, 0.4) is 0 Å². The first-order valence-electron chi connectivity index (χ1n) is 10.1. The van der Waals surface area contributed by atoms with E-state index in [1.54, 1.807) is 0 Å². The van der Waals surface area contributed by atoms with Crippen molar-refractivity contribution in [2.75, 3.05) is 29.9 Å².